The fourth-order valence-corrected chi connectivity index (χ4v) is 1.65. The normalized spacial score (nSPS) is 24.6. The molecular weight excluding hydrogens is 172 g/mol. The first-order chi connectivity index (χ1) is 6.90. The smallest absolute Gasteiger partial charge is 0.0717 e. The largest absolute Gasteiger partial charge is 0.376 e. The average molecular weight is 188 g/mol. The van der Waals surface area contributed by atoms with Crippen molar-refractivity contribution in [2.45, 2.75) is 13.0 Å². The van der Waals surface area contributed by atoms with E-state index in [0.717, 1.165) is 19.1 Å². The summed E-state index contributed by atoms with van der Waals surface area (Å²) in [6, 6.07) is 10.3. The molecule has 1 aromatic carbocycles. The number of rotatable bonds is 5. The summed E-state index contributed by atoms with van der Waals surface area (Å²) in [6.45, 7) is 5.40. The Kier molecular flexibility index (Phi) is 3.00. The molecule has 1 aliphatic carbocycles. The summed E-state index contributed by atoms with van der Waals surface area (Å²) < 4.78 is 5.63. The van der Waals surface area contributed by atoms with Crippen molar-refractivity contribution in [3.05, 3.63) is 48.6 Å². The average Bonchev–Trinajstić information content (AvgIpc) is 2.98. The molecule has 0 bridgehead atoms. The van der Waals surface area contributed by atoms with Crippen molar-refractivity contribution in [2.24, 2.45) is 11.8 Å². The molecule has 2 atom stereocenters. The first kappa shape index (κ1) is 9.47. The maximum absolute atomic E-state index is 5.63. The molecule has 0 radical (unpaired) electrons. The van der Waals surface area contributed by atoms with E-state index in [1.54, 1.807) is 0 Å². The highest BCUT2D eigenvalue weighted by atomic mass is 16.5. The van der Waals surface area contributed by atoms with E-state index in [-0.39, 0.29) is 0 Å². The second kappa shape index (κ2) is 4.43. The van der Waals surface area contributed by atoms with Crippen LogP contribution in [0.25, 0.3) is 0 Å². The van der Waals surface area contributed by atoms with E-state index >= 15 is 0 Å². The topological polar surface area (TPSA) is 9.23 Å². The third-order valence-corrected chi connectivity index (χ3v) is 2.72. The van der Waals surface area contributed by atoms with Gasteiger partial charge in [-0.3, -0.25) is 0 Å². The molecule has 1 fully saturated rings. The van der Waals surface area contributed by atoms with Crippen LogP contribution in [-0.2, 0) is 11.3 Å². The van der Waals surface area contributed by atoms with Crippen LogP contribution in [0.15, 0.2) is 43.0 Å². The Bertz CT molecular complexity index is 291. The van der Waals surface area contributed by atoms with Gasteiger partial charge in [0.15, 0.2) is 0 Å². The van der Waals surface area contributed by atoms with Crippen LogP contribution in [0, 0.1) is 11.8 Å². The summed E-state index contributed by atoms with van der Waals surface area (Å²) >= 11 is 0. The molecule has 0 heterocycles. The van der Waals surface area contributed by atoms with Crippen molar-refractivity contribution in [1.29, 1.82) is 0 Å². The van der Waals surface area contributed by atoms with Crippen molar-refractivity contribution >= 4 is 0 Å². The van der Waals surface area contributed by atoms with Crippen molar-refractivity contribution < 1.29 is 4.74 Å². The van der Waals surface area contributed by atoms with E-state index in [0.29, 0.717) is 5.92 Å². The van der Waals surface area contributed by atoms with E-state index in [9.17, 15) is 0 Å². The summed E-state index contributed by atoms with van der Waals surface area (Å²) in [5.74, 6) is 1.45. The highest BCUT2D eigenvalue weighted by molar-refractivity contribution is 5.13. The Labute approximate surface area is 85.4 Å². The van der Waals surface area contributed by atoms with E-state index in [4.69, 9.17) is 4.74 Å². The van der Waals surface area contributed by atoms with Gasteiger partial charge in [-0.2, -0.15) is 0 Å². The third-order valence-electron chi connectivity index (χ3n) is 2.72. The van der Waals surface area contributed by atoms with E-state index < -0.39 is 0 Å². The minimum atomic E-state index is 0.714. The van der Waals surface area contributed by atoms with Gasteiger partial charge in [-0.1, -0.05) is 36.4 Å². The number of hydrogen-bond donors (Lipinski definition) is 0. The molecule has 1 nitrogen and oxygen atoms in total. The number of ether oxygens (including phenoxy) is 1. The molecule has 1 aliphatic rings. The van der Waals surface area contributed by atoms with Crippen LogP contribution >= 0.6 is 0 Å². The second-order valence-electron chi connectivity index (χ2n) is 3.90. The van der Waals surface area contributed by atoms with Crippen LogP contribution in [-0.4, -0.2) is 6.61 Å². The molecule has 0 aromatic heterocycles. The Morgan fingerprint density at radius 3 is 2.79 bits per heavy atom. The third kappa shape index (κ3) is 2.46. The maximum Gasteiger partial charge on any atom is 0.0717 e. The van der Waals surface area contributed by atoms with Gasteiger partial charge >= 0.3 is 0 Å². The van der Waals surface area contributed by atoms with E-state index in [1.807, 2.05) is 24.3 Å². The molecule has 1 saturated carbocycles. The molecule has 0 amide bonds. The van der Waals surface area contributed by atoms with E-state index in [1.165, 1.54) is 12.0 Å². The zero-order valence-corrected chi connectivity index (χ0v) is 8.36. The summed E-state index contributed by atoms with van der Waals surface area (Å²) in [5, 5.41) is 0. The molecule has 1 unspecified atom stereocenters. The molecular formula is C13H16O. The molecule has 1 aromatic rings. The van der Waals surface area contributed by atoms with Gasteiger partial charge in [0.2, 0.25) is 0 Å². The summed E-state index contributed by atoms with van der Waals surface area (Å²) in [7, 11) is 0. The van der Waals surface area contributed by atoms with Crippen molar-refractivity contribution in [3.8, 4) is 0 Å². The lowest BCUT2D eigenvalue weighted by Crippen LogP contribution is -1.97. The lowest BCUT2D eigenvalue weighted by Gasteiger charge is -2.02. The Morgan fingerprint density at radius 1 is 1.36 bits per heavy atom. The van der Waals surface area contributed by atoms with Gasteiger partial charge in [0.25, 0.3) is 0 Å². The molecule has 1 heteroatoms. The van der Waals surface area contributed by atoms with Crippen LogP contribution < -0.4 is 0 Å². The van der Waals surface area contributed by atoms with Crippen molar-refractivity contribution in [3.63, 3.8) is 0 Å². The summed E-state index contributed by atoms with van der Waals surface area (Å²) in [6.07, 6.45) is 3.30. The van der Waals surface area contributed by atoms with Crippen molar-refractivity contribution in [2.75, 3.05) is 6.61 Å². The van der Waals surface area contributed by atoms with Gasteiger partial charge < -0.3 is 4.74 Å². The van der Waals surface area contributed by atoms with Gasteiger partial charge in [0, 0.05) is 0 Å². The zero-order valence-electron chi connectivity index (χ0n) is 8.36. The fraction of sp³-hybridized carbons (Fsp3) is 0.385. The van der Waals surface area contributed by atoms with Crippen LogP contribution in [0.1, 0.15) is 12.0 Å². The standard InChI is InChI=1S/C13H16O/c1-2-12-8-13(12)10-14-9-11-6-4-3-5-7-11/h2-7,12-13H,1,8-10H2/t12?,13-/m1/s1. The lowest BCUT2D eigenvalue weighted by molar-refractivity contribution is 0.109. The SMILES string of the molecule is C=CC1C[C@@H]1COCc1ccccc1. The zero-order chi connectivity index (χ0) is 9.80. The second-order valence-corrected chi connectivity index (χ2v) is 3.90. The van der Waals surface area contributed by atoms with Gasteiger partial charge in [-0.25, -0.2) is 0 Å². The molecule has 0 saturated heterocycles. The Morgan fingerprint density at radius 2 is 2.14 bits per heavy atom. The number of hydrogen-bond acceptors (Lipinski definition) is 1. The highest BCUT2D eigenvalue weighted by Gasteiger charge is 2.33. The van der Waals surface area contributed by atoms with Gasteiger partial charge in [0.05, 0.1) is 13.2 Å². The quantitative estimate of drug-likeness (QED) is 0.645. The van der Waals surface area contributed by atoms with Crippen LogP contribution in [0.2, 0.25) is 0 Å². The predicted octanol–water partition coefficient (Wildman–Crippen LogP) is 3.03. The van der Waals surface area contributed by atoms with E-state index in [2.05, 4.69) is 18.7 Å². The fourth-order valence-electron chi connectivity index (χ4n) is 1.65. The first-order valence-corrected chi connectivity index (χ1v) is 5.14. The van der Waals surface area contributed by atoms with Crippen molar-refractivity contribution in [1.82, 2.24) is 0 Å². The Hall–Kier alpha value is -1.08. The van der Waals surface area contributed by atoms with Crippen LogP contribution in [0.4, 0.5) is 0 Å². The lowest BCUT2D eigenvalue weighted by atomic mass is 10.2. The minimum absolute atomic E-state index is 0.714. The predicted molar refractivity (Wildman–Crippen MR) is 57.9 cm³/mol. The first-order valence-electron chi connectivity index (χ1n) is 5.14. The molecule has 2 rings (SSSR count). The van der Waals surface area contributed by atoms with Gasteiger partial charge in [-0.05, 0) is 23.8 Å². The molecule has 0 N–H and O–H groups in total. The minimum Gasteiger partial charge on any atom is -0.376 e. The monoisotopic (exact) mass is 188 g/mol. The molecule has 0 spiro atoms. The van der Waals surface area contributed by atoms with Crippen LogP contribution in [0.3, 0.4) is 0 Å². The summed E-state index contributed by atoms with van der Waals surface area (Å²) in [5.41, 5.74) is 1.25. The van der Waals surface area contributed by atoms with Gasteiger partial charge in [-0.15, -0.1) is 6.58 Å². The Balaban J connectivity index is 1.67. The van der Waals surface area contributed by atoms with Crippen LogP contribution in [0.5, 0.6) is 0 Å². The molecule has 0 aliphatic heterocycles. The summed E-state index contributed by atoms with van der Waals surface area (Å²) in [4.78, 5) is 0. The number of allylic oxidation sites excluding steroid dienone is 1. The highest BCUT2D eigenvalue weighted by Crippen LogP contribution is 2.39. The number of benzene rings is 1. The molecule has 14 heavy (non-hydrogen) atoms. The maximum atomic E-state index is 5.63. The molecule has 74 valence electrons. The van der Waals surface area contributed by atoms with Gasteiger partial charge in [0.1, 0.15) is 0 Å².